The molecule has 0 aliphatic carbocycles. The highest BCUT2D eigenvalue weighted by Crippen LogP contribution is 2.32. The molecular weight excluding hydrogens is 1210 g/mol. The van der Waals surface area contributed by atoms with E-state index in [9.17, 15) is 0 Å². The Balaban J connectivity index is -0.00000106. The van der Waals surface area contributed by atoms with Gasteiger partial charge in [0, 0.05) is 59.5 Å². The van der Waals surface area contributed by atoms with Gasteiger partial charge in [0.2, 0.25) is 0 Å². The van der Waals surface area contributed by atoms with Crippen LogP contribution in [-0.4, -0.2) is 24.9 Å². The summed E-state index contributed by atoms with van der Waals surface area (Å²) in [5.74, 6) is 0. The van der Waals surface area contributed by atoms with Crippen LogP contribution >= 0.6 is 0 Å². The maximum absolute atomic E-state index is 4.17. The molecule has 0 unspecified atom stereocenters. The zero-order chi connectivity index (χ0) is 76.7. The number of hydrogen-bond donors (Lipinski definition) is 0. The lowest BCUT2D eigenvalue weighted by atomic mass is 9.93. The molecule has 8 aromatic carbocycles. The molecule has 0 aliphatic heterocycles. The van der Waals surface area contributed by atoms with Crippen LogP contribution in [-0.2, 0) is 0 Å². The first-order valence-corrected chi connectivity index (χ1v) is 36.9. The van der Waals surface area contributed by atoms with Crippen LogP contribution in [0.3, 0.4) is 0 Å². The Kier molecular flexibility index (Phi) is 54.8. The molecule has 0 radical (unpaired) electrons. The van der Waals surface area contributed by atoms with Gasteiger partial charge in [-0.1, -0.05) is 267 Å². The highest BCUT2D eigenvalue weighted by atomic mass is 14.7. The average Bonchev–Trinajstić information content (AvgIpc) is 0.768. The number of aromatic nitrogens is 5. The number of pyridine rings is 5. The molecule has 0 fully saturated rings. The highest BCUT2D eigenvalue weighted by Gasteiger charge is 2.07. The van der Waals surface area contributed by atoms with Gasteiger partial charge in [-0.25, -0.2) is 0 Å². The molecule has 0 amide bonds. The summed E-state index contributed by atoms with van der Waals surface area (Å²) in [6.45, 7) is 65.2. The van der Waals surface area contributed by atoms with Crippen LogP contribution in [0.25, 0.3) is 53.9 Å². The van der Waals surface area contributed by atoms with E-state index in [1.54, 1.807) is 0 Å². The number of benzene rings is 8. The summed E-state index contributed by atoms with van der Waals surface area (Å²) in [4.78, 5) is 20.4. The van der Waals surface area contributed by atoms with Gasteiger partial charge in [0.05, 0.1) is 0 Å². The monoisotopic (exact) mass is 1340 g/mol. The molecule has 0 N–H and O–H groups in total. The van der Waals surface area contributed by atoms with Crippen LogP contribution < -0.4 is 0 Å². The number of fused-ring (bicyclic) bond motifs is 5. The highest BCUT2D eigenvalue weighted by molar-refractivity contribution is 6.05. The first-order chi connectivity index (χ1) is 48.2. The minimum atomic E-state index is 1.08. The molecule has 0 saturated carbocycles. The summed E-state index contributed by atoms with van der Waals surface area (Å²) in [7, 11) is 0. The predicted octanol–water partition coefficient (Wildman–Crippen LogP) is 29.4. The fourth-order valence-corrected chi connectivity index (χ4v) is 9.58. The van der Waals surface area contributed by atoms with E-state index < -0.39 is 0 Å². The summed E-state index contributed by atoms with van der Waals surface area (Å²) in [6.07, 6.45) is 9.27. The summed E-state index contributed by atoms with van der Waals surface area (Å²) in [5, 5.41) is 13.5. The lowest BCUT2D eigenvalue weighted by molar-refractivity contribution is 1.12. The third kappa shape index (κ3) is 36.6. The normalized spacial score (nSPS) is 9.00. The Hall–Kier alpha value is -9.19. The van der Waals surface area contributed by atoms with E-state index >= 15 is 0 Å². The van der Waals surface area contributed by atoms with Crippen LogP contribution in [0.2, 0.25) is 0 Å². The van der Waals surface area contributed by atoms with Crippen LogP contribution in [0.15, 0.2) is 225 Å². The van der Waals surface area contributed by atoms with Gasteiger partial charge in [0.1, 0.15) is 0 Å². The summed E-state index contributed by atoms with van der Waals surface area (Å²) < 4.78 is 0. The van der Waals surface area contributed by atoms with Gasteiger partial charge in [-0.15, -0.1) is 0 Å². The number of aryl methyl sites for hydroxylation is 16. The van der Waals surface area contributed by atoms with E-state index in [1.165, 1.54) is 115 Å². The molecular formula is C95H133N5. The van der Waals surface area contributed by atoms with Gasteiger partial charge in [0.15, 0.2) is 0 Å². The maximum atomic E-state index is 4.17. The molecule has 100 heavy (non-hydrogen) atoms. The molecule has 0 atom stereocenters. The summed E-state index contributed by atoms with van der Waals surface area (Å²) in [6, 6.07) is 68.3. The van der Waals surface area contributed by atoms with E-state index in [-0.39, 0.29) is 0 Å². The van der Waals surface area contributed by atoms with E-state index in [2.05, 4.69) is 231 Å². The van der Waals surface area contributed by atoms with Gasteiger partial charge in [-0.2, -0.15) is 0 Å². The van der Waals surface area contributed by atoms with Crippen LogP contribution in [0, 0.1) is 111 Å². The first-order valence-electron chi connectivity index (χ1n) is 36.9. The molecule has 13 rings (SSSR count). The SMILES string of the molecule is CC.CC.CC.CC.CC.CC.CC.CC.Cc1c2ccccc2c(C)c2ccccc12.Cc1ccc(C)nc1.Cc1ccc(C)nc1.Cc1ccc2cc3cc(C)ccc3cc2c1.Cc1cccc(C)n1.Cc1cccc2c(C)cccc12.Cc1ccnc(C)c1.Cc1cncc(C)c1. The predicted molar refractivity (Wildman–Crippen MR) is 455 cm³/mol. The molecule has 5 heterocycles. The standard InChI is InChI=1S/2C16H14.C12H12.5C7H9N.8C2H6/c1-11-3-5-13-10-16-8-12(2)4-6-14(16)9-15(13)7-11;1-11-13-7-3-5-9-15(13)12(2)16-10-6-4-8-14(11)16;1-9-5-3-8-12-10(2)6-4-7-11(9)12;1-6-3-7(2)5-8-4-6;1-6-3-4-8-7(2)5-6;2*1-6-3-4-7(2)8-5-6;1-6-4-3-5-7(2)8-6;8*1-2/h2*3-10H,1-2H3;3-8H,1-2H3;5*3-5H,1-2H3;8*1-2H3. The molecule has 0 spiro atoms. The number of rotatable bonds is 0. The second-order valence-electron chi connectivity index (χ2n) is 22.0. The van der Waals surface area contributed by atoms with Crippen molar-refractivity contribution in [3.05, 3.63) is 315 Å². The van der Waals surface area contributed by atoms with Gasteiger partial charge in [-0.3, -0.25) is 24.9 Å². The van der Waals surface area contributed by atoms with Crippen molar-refractivity contribution in [3.8, 4) is 0 Å². The van der Waals surface area contributed by atoms with Crippen LogP contribution in [0.4, 0.5) is 0 Å². The van der Waals surface area contributed by atoms with E-state index in [4.69, 9.17) is 0 Å². The second kappa shape index (κ2) is 57.7. The number of nitrogens with zero attached hydrogens (tertiary/aromatic N) is 5. The third-order valence-corrected chi connectivity index (χ3v) is 14.1. The Morgan fingerprint density at radius 2 is 0.520 bits per heavy atom. The molecule has 0 aliphatic rings. The third-order valence-electron chi connectivity index (χ3n) is 14.1. The van der Waals surface area contributed by atoms with Crippen molar-refractivity contribution in [2.45, 2.75) is 222 Å². The molecule has 5 nitrogen and oxygen atoms in total. The Morgan fingerprint density at radius 1 is 0.200 bits per heavy atom. The van der Waals surface area contributed by atoms with E-state index in [0.717, 1.165) is 28.5 Å². The smallest absolute Gasteiger partial charge is 0.0375 e. The lowest BCUT2D eigenvalue weighted by Crippen LogP contribution is -1.87. The van der Waals surface area contributed by atoms with Gasteiger partial charge in [-0.05, 0) is 263 Å². The fraction of sp³-hybridized carbons (Fsp3) is 0.337. The van der Waals surface area contributed by atoms with E-state index in [1.807, 2.05) is 240 Å². The van der Waals surface area contributed by atoms with Crippen LogP contribution in [0.5, 0.6) is 0 Å². The second-order valence-corrected chi connectivity index (χ2v) is 22.0. The van der Waals surface area contributed by atoms with Crippen molar-refractivity contribution >= 4 is 53.9 Å². The Morgan fingerprint density at radius 3 is 0.780 bits per heavy atom. The quantitative estimate of drug-likeness (QED) is 0.142. The molecule has 0 saturated heterocycles. The minimum absolute atomic E-state index is 1.08. The van der Waals surface area contributed by atoms with Crippen molar-refractivity contribution in [2.24, 2.45) is 0 Å². The molecule has 538 valence electrons. The largest absolute Gasteiger partial charge is 0.264 e. The maximum Gasteiger partial charge on any atom is 0.0375 e. The van der Waals surface area contributed by atoms with Gasteiger partial charge >= 0.3 is 0 Å². The van der Waals surface area contributed by atoms with Crippen molar-refractivity contribution in [1.82, 2.24) is 24.9 Å². The molecule has 5 aromatic heterocycles. The zero-order valence-electron chi connectivity index (χ0n) is 68.6. The zero-order valence-corrected chi connectivity index (χ0v) is 68.6. The molecule has 5 heteroatoms. The van der Waals surface area contributed by atoms with Crippen molar-refractivity contribution in [1.29, 1.82) is 0 Å². The summed E-state index contributed by atoms with van der Waals surface area (Å²) >= 11 is 0. The van der Waals surface area contributed by atoms with Crippen molar-refractivity contribution in [3.63, 3.8) is 0 Å². The first kappa shape index (κ1) is 95.0. The van der Waals surface area contributed by atoms with Crippen LogP contribution in [0.1, 0.15) is 200 Å². The van der Waals surface area contributed by atoms with Crippen molar-refractivity contribution in [2.75, 3.05) is 0 Å². The van der Waals surface area contributed by atoms with Gasteiger partial charge in [0.25, 0.3) is 0 Å². The van der Waals surface area contributed by atoms with Crippen molar-refractivity contribution < 1.29 is 0 Å². The van der Waals surface area contributed by atoms with E-state index in [0.29, 0.717) is 0 Å². The average molecular weight is 1350 g/mol. The summed E-state index contributed by atoms with van der Waals surface area (Å²) in [5.41, 5.74) is 19.7. The Labute approximate surface area is 611 Å². The molecule has 13 aromatic rings. The topological polar surface area (TPSA) is 64.5 Å². The molecule has 0 bridgehead atoms. The van der Waals surface area contributed by atoms with Gasteiger partial charge < -0.3 is 0 Å². The number of hydrogen-bond acceptors (Lipinski definition) is 5. The Bertz CT molecular complexity index is 3740. The minimum Gasteiger partial charge on any atom is -0.264 e. The lowest BCUT2D eigenvalue weighted by Gasteiger charge is -2.11. The fourth-order valence-electron chi connectivity index (χ4n) is 9.58.